The number of ether oxygens (including phenoxy) is 2. The van der Waals surface area contributed by atoms with Crippen molar-refractivity contribution in [2.24, 2.45) is 5.10 Å². The van der Waals surface area contributed by atoms with Crippen molar-refractivity contribution in [3.05, 3.63) is 89.5 Å². The summed E-state index contributed by atoms with van der Waals surface area (Å²) in [5.41, 5.74) is 5.72. The maximum absolute atomic E-state index is 5.52. The largest absolute Gasteiger partial charge is 0.493 e. The predicted molar refractivity (Wildman–Crippen MR) is 114 cm³/mol. The zero-order valence-corrected chi connectivity index (χ0v) is 16.4. The number of rotatable bonds is 5. The lowest BCUT2D eigenvalue weighted by atomic mass is 9.97. The van der Waals surface area contributed by atoms with Gasteiger partial charge in [-0.2, -0.15) is 5.10 Å². The molecule has 4 heteroatoms. The Morgan fingerprint density at radius 2 is 1.57 bits per heavy atom. The van der Waals surface area contributed by atoms with Crippen LogP contribution in [0, 0.1) is 6.92 Å². The molecule has 4 nitrogen and oxygen atoms in total. The van der Waals surface area contributed by atoms with E-state index in [0.717, 1.165) is 40.4 Å². The third-order valence-corrected chi connectivity index (χ3v) is 5.11. The standard InChI is InChI=1S/C24H24N2O2/c1-17-9-11-18(12-10-17)21-16-22(26(25-21)20-7-5-4-6-8-20)19-13-14-23(27-2)24(15-19)28-3/h4-15,22H,16H2,1-3H3/t22-/m0/s1. The fourth-order valence-corrected chi connectivity index (χ4v) is 3.57. The van der Waals surface area contributed by atoms with Gasteiger partial charge in [-0.3, -0.25) is 5.01 Å². The van der Waals surface area contributed by atoms with Gasteiger partial charge in [-0.25, -0.2) is 0 Å². The predicted octanol–water partition coefficient (Wildman–Crippen LogP) is 5.37. The molecule has 1 aliphatic heterocycles. The van der Waals surface area contributed by atoms with E-state index < -0.39 is 0 Å². The quantitative estimate of drug-likeness (QED) is 0.604. The number of methoxy groups -OCH3 is 2. The summed E-state index contributed by atoms with van der Waals surface area (Å²) in [5.74, 6) is 1.46. The lowest BCUT2D eigenvalue weighted by Crippen LogP contribution is -2.18. The smallest absolute Gasteiger partial charge is 0.161 e. The van der Waals surface area contributed by atoms with Crippen LogP contribution in [-0.2, 0) is 0 Å². The second-order valence-corrected chi connectivity index (χ2v) is 6.93. The molecule has 0 aliphatic carbocycles. The van der Waals surface area contributed by atoms with Crippen LogP contribution in [0.4, 0.5) is 5.69 Å². The number of benzene rings is 3. The monoisotopic (exact) mass is 372 g/mol. The Morgan fingerprint density at radius 1 is 0.857 bits per heavy atom. The molecule has 0 N–H and O–H groups in total. The minimum Gasteiger partial charge on any atom is -0.493 e. The first-order valence-corrected chi connectivity index (χ1v) is 9.40. The van der Waals surface area contributed by atoms with Gasteiger partial charge in [0, 0.05) is 6.42 Å². The van der Waals surface area contributed by atoms with Crippen LogP contribution in [-0.4, -0.2) is 19.9 Å². The maximum Gasteiger partial charge on any atom is 0.161 e. The van der Waals surface area contributed by atoms with E-state index in [1.807, 2.05) is 30.3 Å². The van der Waals surface area contributed by atoms with Crippen molar-refractivity contribution in [3.63, 3.8) is 0 Å². The topological polar surface area (TPSA) is 34.1 Å². The van der Waals surface area contributed by atoms with Gasteiger partial charge in [0.25, 0.3) is 0 Å². The zero-order chi connectivity index (χ0) is 19.5. The van der Waals surface area contributed by atoms with Gasteiger partial charge in [-0.15, -0.1) is 0 Å². The van der Waals surface area contributed by atoms with Crippen molar-refractivity contribution >= 4 is 11.4 Å². The van der Waals surface area contributed by atoms with Gasteiger partial charge in [0.2, 0.25) is 0 Å². The van der Waals surface area contributed by atoms with Gasteiger partial charge in [0.1, 0.15) is 0 Å². The van der Waals surface area contributed by atoms with E-state index in [0.29, 0.717) is 0 Å². The average molecular weight is 372 g/mol. The minimum atomic E-state index is 0.0958. The summed E-state index contributed by atoms with van der Waals surface area (Å²) in [6, 6.07) is 25.1. The second kappa shape index (κ2) is 7.77. The fraction of sp³-hybridized carbons (Fsp3) is 0.208. The number of hydrazone groups is 1. The van der Waals surface area contributed by atoms with Gasteiger partial charge >= 0.3 is 0 Å². The SMILES string of the molecule is COc1ccc([C@@H]2CC(c3ccc(C)cc3)=NN2c2ccccc2)cc1OC. The number of anilines is 1. The Kier molecular flexibility index (Phi) is 5.02. The Morgan fingerprint density at radius 3 is 2.25 bits per heavy atom. The molecule has 0 aromatic heterocycles. The van der Waals surface area contributed by atoms with Crippen molar-refractivity contribution in [1.29, 1.82) is 0 Å². The molecule has 3 aromatic carbocycles. The summed E-state index contributed by atoms with van der Waals surface area (Å²) < 4.78 is 10.9. The summed E-state index contributed by atoms with van der Waals surface area (Å²) in [6.07, 6.45) is 0.827. The zero-order valence-electron chi connectivity index (χ0n) is 16.4. The molecule has 1 aliphatic rings. The molecule has 0 amide bonds. The molecule has 0 saturated heterocycles. The van der Waals surface area contributed by atoms with Gasteiger partial charge in [0.15, 0.2) is 11.5 Å². The van der Waals surface area contributed by atoms with E-state index in [-0.39, 0.29) is 6.04 Å². The van der Waals surface area contributed by atoms with Crippen LogP contribution >= 0.6 is 0 Å². The van der Waals surface area contributed by atoms with E-state index in [4.69, 9.17) is 14.6 Å². The highest BCUT2D eigenvalue weighted by Gasteiger charge is 2.30. The molecule has 0 radical (unpaired) electrons. The van der Waals surface area contributed by atoms with Crippen LogP contribution in [0.15, 0.2) is 77.9 Å². The maximum atomic E-state index is 5.52. The lowest BCUT2D eigenvalue weighted by Gasteiger charge is -2.24. The van der Waals surface area contributed by atoms with Crippen molar-refractivity contribution < 1.29 is 9.47 Å². The fourth-order valence-electron chi connectivity index (χ4n) is 3.57. The van der Waals surface area contributed by atoms with E-state index in [9.17, 15) is 0 Å². The van der Waals surface area contributed by atoms with Crippen LogP contribution < -0.4 is 14.5 Å². The molecule has 3 aromatic rings. The highest BCUT2D eigenvalue weighted by Crippen LogP contribution is 2.39. The van der Waals surface area contributed by atoms with E-state index in [2.05, 4.69) is 54.4 Å². The molecule has 28 heavy (non-hydrogen) atoms. The molecule has 0 bridgehead atoms. The van der Waals surface area contributed by atoms with Crippen LogP contribution in [0.2, 0.25) is 0 Å². The van der Waals surface area contributed by atoms with Crippen molar-refractivity contribution in [2.45, 2.75) is 19.4 Å². The van der Waals surface area contributed by atoms with Crippen LogP contribution in [0.3, 0.4) is 0 Å². The lowest BCUT2D eigenvalue weighted by molar-refractivity contribution is 0.354. The molecular formula is C24H24N2O2. The summed E-state index contributed by atoms with van der Waals surface area (Å²) in [5, 5.41) is 7.10. The Balaban J connectivity index is 1.74. The first-order valence-electron chi connectivity index (χ1n) is 9.40. The normalized spacial score (nSPS) is 16.0. The molecular weight excluding hydrogens is 348 g/mol. The molecule has 1 atom stereocenters. The van der Waals surface area contributed by atoms with Crippen molar-refractivity contribution in [2.75, 3.05) is 19.2 Å². The van der Waals surface area contributed by atoms with Gasteiger partial charge in [-0.05, 0) is 42.3 Å². The van der Waals surface area contributed by atoms with Crippen LogP contribution in [0.5, 0.6) is 11.5 Å². The molecule has 0 saturated carbocycles. The summed E-state index contributed by atoms with van der Waals surface area (Å²) in [7, 11) is 3.32. The number of hydrogen-bond acceptors (Lipinski definition) is 4. The first-order chi connectivity index (χ1) is 13.7. The highest BCUT2D eigenvalue weighted by atomic mass is 16.5. The Hall–Kier alpha value is -3.27. The van der Waals surface area contributed by atoms with Gasteiger partial charge in [-0.1, -0.05) is 54.1 Å². The summed E-state index contributed by atoms with van der Waals surface area (Å²) in [4.78, 5) is 0. The van der Waals surface area contributed by atoms with Crippen LogP contribution in [0.25, 0.3) is 0 Å². The van der Waals surface area contributed by atoms with E-state index >= 15 is 0 Å². The van der Waals surface area contributed by atoms with Crippen molar-refractivity contribution in [1.82, 2.24) is 0 Å². The molecule has 142 valence electrons. The van der Waals surface area contributed by atoms with E-state index in [1.54, 1.807) is 14.2 Å². The third kappa shape index (κ3) is 3.46. The summed E-state index contributed by atoms with van der Waals surface area (Å²) in [6.45, 7) is 2.10. The molecule has 0 fully saturated rings. The van der Waals surface area contributed by atoms with E-state index in [1.165, 1.54) is 5.56 Å². The Labute approximate surface area is 166 Å². The van der Waals surface area contributed by atoms with Gasteiger partial charge in [0.05, 0.1) is 31.7 Å². The number of nitrogens with zero attached hydrogens (tertiary/aromatic N) is 2. The molecule has 1 heterocycles. The highest BCUT2D eigenvalue weighted by molar-refractivity contribution is 6.03. The van der Waals surface area contributed by atoms with Gasteiger partial charge < -0.3 is 9.47 Å². The summed E-state index contributed by atoms with van der Waals surface area (Å²) >= 11 is 0. The third-order valence-electron chi connectivity index (χ3n) is 5.11. The van der Waals surface area contributed by atoms with Crippen molar-refractivity contribution in [3.8, 4) is 11.5 Å². The number of aryl methyl sites for hydroxylation is 1. The Bertz CT molecular complexity index is 981. The first kappa shape index (κ1) is 18.1. The second-order valence-electron chi connectivity index (χ2n) is 6.93. The van der Waals surface area contributed by atoms with Crippen LogP contribution in [0.1, 0.15) is 29.2 Å². The minimum absolute atomic E-state index is 0.0958. The number of para-hydroxylation sites is 1. The number of hydrogen-bond donors (Lipinski definition) is 0. The molecule has 0 spiro atoms. The average Bonchev–Trinajstić information content (AvgIpc) is 3.20. The molecule has 0 unspecified atom stereocenters. The molecule has 4 rings (SSSR count).